The Bertz CT molecular complexity index is 483. The van der Waals surface area contributed by atoms with E-state index in [1.807, 2.05) is 27.7 Å². The van der Waals surface area contributed by atoms with Crippen LogP contribution in [0.5, 0.6) is 0 Å². The van der Waals surface area contributed by atoms with Crippen LogP contribution in [0.3, 0.4) is 0 Å². The summed E-state index contributed by atoms with van der Waals surface area (Å²) < 4.78 is 0. The second kappa shape index (κ2) is 11.9. The summed E-state index contributed by atoms with van der Waals surface area (Å²) in [7, 11) is 0. The third kappa shape index (κ3) is 7.90. The quantitative estimate of drug-likeness (QED) is 0.321. The van der Waals surface area contributed by atoms with Gasteiger partial charge in [0.25, 0.3) is 0 Å². The first-order valence-corrected chi connectivity index (χ1v) is 9.36. The highest BCUT2D eigenvalue weighted by atomic mass is 32.1. The number of likely N-dealkylation sites (tertiary alicyclic amines) is 1. The van der Waals surface area contributed by atoms with Crippen molar-refractivity contribution in [2.75, 3.05) is 6.54 Å². The molecule has 2 atom stereocenters. The summed E-state index contributed by atoms with van der Waals surface area (Å²) in [4.78, 5) is 47.5. The first-order valence-electron chi connectivity index (χ1n) is 8.85. The molecule has 1 saturated heterocycles. The van der Waals surface area contributed by atoms with Gasteiger partial charge < -0.3 is 11.1 Å². The van der Waals surface area contributed by atoms with E-state index in [9.17, 15) is 19.2 Å². The number of hydrogen-bond acceptors (Lipinski definition) is 5. The molecule has 0 spiro atoms. The van der Waals surface area contributed by atoms with Crippen LogP contribution in [0.15, 0.2) is 0 Å². The van der Waals surface area contributed by atoms with Crippen LogP contribution in [-0.4, -0.2) is 46.4 Å². The molecule has 25 heavy (non-hydrogen) atoms. The number of thiol groups is 1. The Balaban J connectivity index is 0.00000277. The second-order valence-corrected chi connectivity index (χ2v) is 6.73. The van der Waals surface area contributed by atoms with Crippen molar-refractivity contribution < 1.29 is 19.2 Å². The normalized spacial score (nSPS) is 18.0. The molecule has 0 aromatic carbocycles. The molecule has 2 unspecified atom stereocenters. The fourth-order valence-corrected chi connectivity index (χ4v) is 2.74. The van der Waals surface area contributed by atoms with E-state index in [0.29, 0.717) is 25.8 Å². The molecular weight excluding hydrogens is 342 g/mol. The molecule has 0 bridgehead atoms. The van der Waals surface area contributed by atoms with Crippen LogP contribution in [0.4, 0.5) is 0 Å². The number of carbonyl (C=O) groups excluding carboxylic acids is 4. The topological polar surface area (TPSA) is 110 Å². The molecule has 7 nitrogen and oxygen atoms in total. The maximum absolute atomic E-state index is 11.8. The van der Waals surface area contributed by atoms with E-state index in [4.69, 9.17) is 5.73 Å². The number of nitrogens with zero attached hydrogens (tertiary/aromatic N) is 1. The summed E-state index contributed by atoms with van der Waals surface area (Å²) in [6, 6.07) is -0.658. The molecule has 3 N–H and O–H groups in total. The minimum absolute atomic E-state index is 0.0576. The lowest BCUT2D eigenvalue weighted by atomic mass is 10.0. The van der Waals surface area contributed by atoms with Gasteiger partial charge in [0.2, 0.25) is 23.6 Å². The van der Waals surface area contributed by atoms with Crippen molar-refractivity contribution >= 4 is 36.3 Å². The molecule has 4 amide bonds. The van der Waals surface area contributed by atoms with Gasteiger partial charge in [-0.2, -0.15) is 12.6 Å². The molecular formula is C17H31N3O4S. The number of amides is 4. The van der Waals surface area contributed by atoms with E-state index in [1.165, 1.54) is 4.90 Å². The Hall–Kier alpha value is -1.57. The average molecular weight is 374 g/mol. The van der Waals surface area contributed by atoms with Gasteiger partial charge in [-0.15, -0.1) is 0 Å². The number of nitrogens with one attached hydrogen (secondary N) is 1. The number of carbonyl (C=O) groups is 4. The lowest BCUT2D eigenvalue weighted by Gasteiger charge is -2.19. The largest absolute Gasteiger partial charge is 0.368 e. The van der Waals surface area contributed by atoms with Crippen molar-refractivity contribution in [2.24, 2.45) is 11.7 Å². The van der Waals surface area contributed by atoms with Gasteiger partial charge in [0.1, 0.15) is 6.04 Å². The van der Waals surface area contributed by atoms with Crippen LogP contribution in [0, 0.1) is 5.92 Å². The Morgan fingerprint density at radius 1 is 1.24 bits per heavy atom. The fraction of sp³-hybridized carbons (Fsp3) is 0.765. The minimum atomic E-state index is -0.658. The molecule has 0 radical (unpaired) electrons. The number of nitrogens with two attached hydrogens (primary N) is 1. The predicted octanol–water partition coefficient (Wildman–Crippen LogP) is 1.26. The van der Waals surface area contributed by atoms with Crippen LogP contribution in [0.25, 0.3) is 0 Å². The van der Waals surface area contributed by atoms with E-state index < -0.39 is 17.2 Å². The van der Waals surface area contributed by atoms with Crippen LogP contribution >= 0.6 is 12.6 Å². The van der Waals surface area contributed by atoms with Gasteiger partial charge >= 0.3 is 0 Å². The zero-order valence-electron chi connectivity index (χ0n) is 15.6. The van der Waals surface area contributed by atoms with E-state index in [2.05, 4.69) is 17.9 Å². The number of imide groups is 1. The summed E-state index contributed by atoms with van der Waals surface area (Å²) in [5, 5.41) is 2.11. The molecule has 8 heteroatoms. The van der Waals surface area contributed by atoms with E-state index in [0.717, 1.165) is 0 Å². The monoisotopic (exact) mass is 373 g/mol. The molecule has 144 valence electrons. The smallest absolute Gasteiger partial charge is 0.242 e. The summed E-state index contributed by atoms with van der Waals surface area (Å²) in [5.41, 5.74) is 5.24. The standard InChI is InChI=1S/C15H25N3O4S.C2H6/c1-9(2)13(14(16)21)17-11(19)6-4-3-5-7-18-12(20)8-10(23)15(18)22;1-2/h9-10,13,23H,3-8H2,1-2H3,(H2,16,21)(H,17,19);1-2H3. The van der Waals surface area contributed by atoms with Gasteiger partial charge in [0, 0.05) is 19.4 Å². The van der Waals surface area contributed by atoms with Gasteiger partial charge in [-0.1, -0.05) is 34.1 Å². The minimum Gasteiger partial charge on any atom is -0.368 e. The van der Waals surface area contributed by atoms with Crippen molar-refractivity contribution in [3.8, 4) is 0 Å². The first-order chi connectivity index (χ1) is 11.7. The van der Waals surface area contributed by atoms with Crippen LogP contribution < -0.4 is 11.1 Å². The molecule has 0 aliphatic carbocycles. The zero-order chi connectivity index (χ0) is 19.6. The van der Waals surface area contributed by atoms with E-state index in [-0.39, 0.29) is 36.5 Å². The highest BCUT2D eigenvalue weighted by Gasteiger charge is 2.35. The molecule has 1 fully saturated rings. The van der Waals surface area contributed by atoms with Crippen LogP contribution in [0.2, 0.25) is 0 Å². The van der Waals surface area contributed by atoms with Crippen molar-refractivity contribution in [1.82, 2.24) is 10.2 Å². The molecule has 1 aliphatic rings. The van der Waals surface area contributed by atoms with Crippen LogP contribution in [0.1, 0.15) is 59.8 Å². The highest BCUT2D eigenvalue weighted by Crippen LogP contribution is 2.18. The Labute approximate surface area is 155 Å². The summed E-state index contributed by atoms with van der Waals surface area (Å²) in [5.74, 6) is -1.24. The van der Waals surface area contributed by atoms with Crippen molar-refractivity contribution in [2.45, 2.75) is 71.1 Å². The van der Waals surface area contributed by atoms with Crippen LogP contribution in [-0.2, 0) is 19.2 Å². The van der Waals surface area contributed by atoms with Crippen molar-refractivity contribution in [1.29, 1.82) is 0 Å². The zero-order valence-corrected chi connectivity index (χ0v) is 16.5. The summed E-state index contributed by atoms with van der Waals surface area (Å²) >= 11 is 4.06. The average Bonchev–Trinajstić information content (AvgIpc) is 2.79. The summed E-state index contributed by atoms with van der Waals surface area (Å²) in [6.07, 6.45) is 2.43. The molecule has 1 rings (SSSR count). The van der Waals surface area contributed by atoms with E-state index >= 15 is 0 Å². The maximum Gasteiger partial charge on any atom is 0.242 e. The van der Waals surface area contributed by atoms with Gasteiger partial charge in [-0.3, -0.25) is 24.1 Å². The Morgan fingerprint density at radius 2 is 1.84 bits per heavy atom. The first kappa shape index (κ1) is 23.4. The Kier molecular flexibility index (Phi) is 11.1. The van der Waals surface area contributed by atoms with Crippen molar-refractivity contribution in [3.05, 3.63) is 0 Å². The maximum atomic E-state index is 11.8. The fourth-order valence-electron chi connectivity index (χ4n) is 2.44. The highest BCUT2D eigenvalue weighted by molar-refractivity contribution is 7.81. The molecule has 0 aromatic heterocycles. The third-order valence-corrected chi connectivity index (χ3v) is 4.20. The lowest BCUT2D eigenvalue weighted by molar-refractivity contribution is -0.138. The molecule has 0 aromatic rings. The number of rotatable bonds is 9. The summed E-state index contributed by atoms with van der Waals surface area (Å²) in [6.45, 7) is 8.00. The molecule has 1 aliphatic heterocycles. The molecule has 0 saturated carbocycles. The van der Waals surface area contributed by atoms with Gasteiger partial charge in [-0.25, -0.2) is 0 Å². The SMILES string of the molecule is CC.CC(C)C(NC(=O)CCCCCN1C(=O)CC(S)C1=O)C(N)=O. The molecule has 1 heterocycles. The van der Waals surface area contributed by atoms with E-state index in [1.54, 1.807) is 0 Å². The third-order valence-electron chi connectivity index (χ3n) is 3.80. The number of hydrogen-bond donors (Lipinski definition) is 3. The van der Waals surface area contributed by atoms with Gasteiger partial charge in [-0.05, 0) is 18.8 Å². The number of primary amides is 1. The van der Waals surface area contributed by atoms with Gasteiger partial charge in [0.05, 0.1) is 5.25 Å². The van der Waals surface area contributed by atoms with Gasteiger partial charge in [0.15, 0.2) is 0 Å². The second-order valence-electron chi connectivity index (χ2n) is 6.11. The lowest BCUT2D eigenvalue weighted by Crippen LogP contribution is -2.47. The Morgan fingerprint density at radius 3 is 2.28 bits per heavy atom. The number of unbranched alkanes of at least 4 members (excludes halogenated alkanes) is 2. The van der Waals surface area contributed by atoms with Crippen molar-refractivity contribution in [3.63, 3.8) is 0 Å². The predicted molar refractivity (Wildman–Crippen MR) is 99.9 cm³/mol.